The number of aromatic nitrogens is 3. The Kier molecular flexibility index (Phi) is 3.43. The number of aromatic amines is 1. The van der Waals surface area contributed by atoms with E-state index in [-0.39, 0.29) is 6.04 Å². The summed E-state index contributed by atoms with van der Waals surface area (Å²) in [7, 11) is 0. The van der Waals surface area contributed by atoms with Gasteiger partial charge in [-0.1, -0.05) is 24.6 Å². The number of rotatable bonds is 3. The van der Waals surface area contributed by atoms with Gasteiger partial charge >= 0.3 is 0 Å². The third kappa shape index (κ3) is 2.12. The molecule has 3 aromatic rings. The minimum atomic E-state index is 0.126. The molecule has 3 nitrogen and oxygen atoms in total. The van der Waals surface area contributed by atoms with Crippen LogP contribution in [0, 0.1) is 4.77 Å². The standard InChI is InChI=1S/C13H12ClN3S2/c1-2-10(12-15-6-7-19-12)17-11-8(14)4-3-5-9(11)16-13(17)18/h3-7,10H,2H2,1H3,(H,16,18). The number of hydrogen-bond donors (Lipinski definition) is 1. The fourth-order valence-corrected chi connectivity index (χ4v) is 3.71. The molecule has 1 aromatic carbocycles. The third-order valence-corrected chi connectivity index (χ3v) is 4.60. The predicted molar refractivity (Wildman–Crippen MR) is 82.7 cm³/mol. The monoisotopic (exact) mass is 309 g/mol. The summed E-state index contributed by atoms with van der Waals surface area (Å²) in [4.78, 5) is 7.63. The highest BCUT2D eigenvalue weighted by Gasteiger charge is 2.19. The summed E-state index contributed by atoms with van der Waals surface area (Å²) in [5, 5.41) is 3.75. The second-order valence-electron chi connectivity index (χ2n) is 4.23. The van der Waals surface area contributed by atoms with Crippen molar-refractivity contribution in [3.63, 3.8) is 0 Å². The first-order valence-electron chi connectivity index (χ1n) is 6.00. The van der Waals surface area contributed by atoms with Crippen molar-refractivity contribution in [2.75, 3.05) is 0 Å². The van der Waals surface area contributed by atoms with Gasteiger partial charge in [0.2, 0.25) is 0 Å². The maximum Gasteiger partial charge on any atom is 0.178 e. The lowest BCUT2D eigenvalue weighted by atomic mass is 10.2. The number of thiazole rings is 1. The lowest BCUT2D eigenvalue weighted by molar-refractivity contribution is 0.572. The maximum atomic E-state index is 6.33. The van der Waals surface area contributed by atoms with Gasteiger partial charge in [0.05, 0.1) is 22.1 Å². The Balaban J connectivity index is 2.30. The van der Waals surface area contributed by atoms with Crippen molar-refractivity contribution in [1.82, 2.24) is 14.5 Å². The Morgan fingerprint density at radius 1 is 1.53 bits per heavy atom. The molecular formula is C13H12ClN3S2. The summed E-state index contributed by atoms with van der Waals surface area (Å²) < 4.78 is 2.76. The van der Waals surface area contributed by atoms with E-state index in [1.165, 1.54) is 0 Å². The fourth-order valence-electron chi connectivity index (χ4n) is 2.30. The van der Waals surface area contributed by atoms with E-state index >= 15 is 0 Å². The molecule has 19 heavy (non-hydrogen) atoms. The molecule has 0 spiro atoms. The summed E-state index contributed by atoms with van der Waals surface area (Å²) in [5.41, 5.74) is 1.92. The zero-order valence-corrected chi connectivity index (χ0v) is 12.6. The SMILES string of the molecule is CCC(c1nccs1)n1c(=S)[nH]c2cccc(Cl)c21. The van der Waals surface area contributed by atoms with Crippen LogP contribution in [0.25, 0.3) is 11.0 Å². The van der Waals surface area contributed by atoms with Gasteiger partial charge in [0.25, 0.3) is 0 Å². The minimum Gasteiger partial charge on any atom is -0.331 e. The van der Waals surface area contributed by atoms with E-state index in [1.54, 1.807) is 11.3 Å². The molecule has 0 amide bonds. The van der Waals surface area contributed by atoms with Crippen molar-refractivity contribution >= 4 is 46.2 Å². The van der Waals surface area contributed by atoms with E-state index < -0.39 is 0 Å². The van der Waals surface area contributed by atoms with Gasteiger partial charge in [-0.3, -0.25) is 0 Å². The van der Waals surface area contributed by atoms with Crippen molar-refractivity contribution < 1.29 is 0 Å². The van der Waals surface area contributed by atoms with Crippen molar-refractivity contribution in [3.05, 3.63) is 44.6 Å². The highest BCUT2D eigenvalue weighted by molar-refractivity contribution is 7.71. The van der Waals surface area contributed by atoms with Gasteiger partial charge in [-0.15, -0.1) is 11.3 Å². The summed E-state index contributed by atoms with van der Waals surface area (Å²) in [5.74, 6) is 0. The first kappa shape index (κ1) is 12.8. The number of para-hydroxylation sites is 1. The molecule has 6 heteroatoms. The van der Waals surface area contributed by atoms with Crippen LogP contribution in [0.2, 0.25) is 5.02 Å². The van der Waals surface area contributed by atoms with Crippen LogP contribution in [-0.2, 0) is 0 Å². The van der Waals surface area contributed by atoms with Crippen LogP contribution >= 0.6 is 35.2 Å². The van der Waals surface area contributed by atoms with Crippen molar-refractivity contribution in [2.24, 2.45) is 0 Å². The van der Waals surface area contributed by atoms with Crippen LogP contribution in [0.5, 0.6) is 0 Å². The molecule has 0 aliphatic rings. The molecule has 0 saturated carbocycles. The molecule has 0 radical (unpaired) electrons. The summed E-state index contributed by atoms with van der Waals surface area (Å²) in [6.45, 7) is 2.13. The van der Waals surface area contributed by atoms with Crippen LogP contribution in [0.4, 0.5) is 0 Å². The third-order valence-electron chi connectivity index (χ3n) is 3.12. The second kappa shape index (κ2) is 5.07. The molecule has 2 aromatic heterocycles. The van der Waals surface area contributed by atoms with Gasteiger partial charge in [0, 0.05) is 11.6 Å². The van der Waals surface area contributed by atoms with E-state index in [2.05, 4.69) is 21.5 Å². The summed E-state index contributed by atoms with van der Waals surface area (Å²) >= 11 is 13.4. The summed E-state index contributed by atoms with van der Waals surface area (Å²) in [6, 6.07) is 5.92. The molecule has 98 valence electrons. The quantitative estimate of drug-likeness (QED) is 0.704. The van der Waals surface area contributed by atoms with Crippen molar-refractivity contribution in [1.29, 1.82) is 0 Å². The van der Waals surface area contributed by atoms with E-state index in [4.69, 9.17) is 23.8 Å². The number of hydrogen-bond acceptors (Lipinski definition) is 3. The topological polar surface area (TPSA) is 33.6 Å². The Hall–Kier alpha value is -1.17. The smallest absolute Gasteiger partial charge is 0.178 e. The normalized spacial score (nSPS) is 12.9. The van der Waals surface area contributed by atoms with Gasteiger partial charge in [0.1, 0.15) is 5.01 Å². The largest absolute Gasteiger partial charge is 0.331 e. The Bertz CT molecular complexity index is 758. The van der Waals surface area contributed by atoms with Crippen LogP contribution < -0.4 is 0 Å². The highest BCUT2D eigenvalue weighted by atomic mass is 35.5. The van der Waals surface area contributed by atoms with Crippen LogP contribution in [0.3, 0.4) is 0 Å². The molecule has 2 heterocycles. The average Bonchev–Trinajstić information content (AvgIpc) is 3.00. The molecule has 1 atom stereocenters. The average molecular weight is 310 g/mol. The second-order valence-corrected chi connectivity index (χ2v) is 5.95. The van der Waals surface area contributed by atoms with E-state index in [0.717, 1.165) is 22.5 Å². The number of H-pyrrole nitrogens is 1. The number of nitrogens with one attached hydrogen (secondary N) is 1. The molecule has 0 saturated heterocycles. The molecule has 1 unspecified atom stereocenters. The highest BCUT2D eigenvalue weighted by Crippen LogP contribution is 2.31. The van der Waals surface area contributed by atoms with Gasteiger partial charge in [-0.25, -0.2) is 4.98 Å². The van der Waals surface area contributed by atoms with Crippen LogP contribution in [0.1, 0.15) is 24.4 Å². The fraction of sp³-hybridized carbons (Fsp3) is 0.231. The number of benzene rings is 1. The Morgan fingerprint density at radius 3 is 3.05 bits per heavy atom. The first-order chi connectivity index (χ1) is 9.22. The molecular weight excluding hydrogens is 298 g/mol. The van der Waals surface area contributed by atoms with E-state index in [9.17, 15) is 0 Å². The number of imidazole rings is 1. The number of fused-ring (bicyclic) bond motifs is 1. The zero-order chi connectivity index (χ0) is 13.4. The molecule has 0 fully saturated rings. The van der Waals surface area contributed by atoms with Gasteiger partial charge in [-0.2, -0.15) is 0 Å². The maximum absolute atomic E-state index is 6.33. The molecule has 0 aliphatic carbocycles. The van der Waals surface area contributed by atoms with Gasteiger partial charge in [0.15, 0.2) is 4.77 Å². The van der Waals surface area contributed by atoms with Gasteiger partial charge < -0.3 is 9.55 Å². The minimum absolute atomic E-state index is 0.126. The number of halogens is 1. The van der Waals surface area contributed by atoms with Crippen LogP contribution in [0.15, 0.2) is 29.8 Å². The van der Waals surface area contributed by atoms with Crippen molar-refractivity contribution in [2.45, 2.75) is 19.4 Å². The molecule has 0 bridgehead atoms. The molecule has 0 aliphatic heterocycles. The lowest BCUT2D eigenvalue weighted by Crippen LogP contribution is -2.09. The van der Waals surface area contributed by atoms with E-state index in [1.807, 2.05) is 29.8 Å². The zero-order valence-electron chi connectivity index (χ0n) is 10.3. The van der Waals surface area contributed by atoms with Crippen LogP contribution in [-0.4, -0.2) is 14.5 Å². The van der Waals surface area contributed by atoms with E-state index in [0.29, 0.717) is 9.79 Å². The first-order valence-corrected chi connectivity index (χ1v) is 7.67. The Morgan fingerprint density at radius 2 is 2.37 bits per heavy atom. The molecule has 1 N–H and O–H groups in total. The Labute approximate surface area is 124 Å². The van der Waals surface area contributed by atoms with Gasteiger partial charge in [-0.05, 0) is 30.8 Å². The molecule has 3 rings (SSSR count). The van der Waals surface area contributed by atoms with Crippen molar-refractivity contribution in [3.8, 4) is 0 Å². The summed E-state index contributed by atoms with van der Waals surface area (Å²) in [6.07, 6.45) is 2.74. The number of nitrogens with zero attached hydrogens (tertiary/aromatic N) is 2. The predicted octanol–water partition coefficient (Wildman–Crippen LogP) is 4.81. The lowest BCUT2D eigenvalue weighted by Gasteiger charge is -2.15.